The van der Waals surface area contributed by atoms with Crippen molar-refractivity contribution in [1.82, 2.24) is 9.80 Å². The van der Waals surface area contributed by atoms with Crippen molar-refractivity contribution < 1.29 is 14.7 Å². The monoisotopic (exact) mass is 174 g/mol. The van der Waals surface area contributed by atoms with E-state index in [9.17, 15) is 9.59 Å². The predicted molar refractivity (Wildman–Crippen MR) is 43.4 cm³/mol. The van der Waals surface area contributed by atoms with Crippen LogP contribution in [0.15, 0.2) is 0 Å². The molecule has 0 aliphatic carbocycles. The third kappa shape index (κ3) is 2.87. The Morgan fingerprint density at radius 3 is 2.00 bits per heavy atom. The van der Waals surface area contributed by atoms with Gasteiger partial charge in [0, 0.05) is 27.7 Å². The van der Waals surface area contributed by atoms with Crippen LogP contribution in [0, 0.1) is 0 Å². The quantitative estimate of drug-likeness (QED) is 0.520. The fourth-order valence-electron chi connectivity index (χ4n) is 0.606. The van der Waals surface area contributed by atoms with Crippen LogP contribution in [0.25, 0.3) is 0 Å². The van der Waals surface area contributed by atoms with Crippen LogP contribution in [-0.4, -0.2) is 61.0 Å². The minimum atomic E-state index is -0.603. The Bertz CT molecular complexity index is 179. The van der Waals surface area contributed by atoms with E-state index in [1.165, 1.54) is 30.9 Å². The van der Waals surface area contributed by atoms with E-state index in [4.69, 9.17) is 5.11 Å². The highest BCUT2D eigenvalue weighted by Crippen LogP contribution is 1.88. The van der Waals surface area contributed by atoms with Gasteiger partial charge in [0.2, 0.25) is 0 Å². The van der Waals surface area contributed by atoms with Gasteiger partial charge in [-0.1, -0.05) is 0 Å². The molecule has 0 saturated heterocycles. The molecule has 0 aliphatic rings. The van der Waals surface area contributed by atoms with Crippen LogP contribution in [0.4, 0.5) is 0 Å². The molecule has 5 heteroatoms. The largest absolute Gasteiger partial charge is 0.395 e. The number of nitrogens with zero attached hydrogens (tertiary/aromatic N) is 2. The Morgan fingerprint density at radius 2 is 1.67 bits per heavy atom. The summed E-state index contributed by atoms with van der Waals surface area (Å²) >= 11 is 0. The van der Waals surface area contributed by atoms with Crippen LogP contribution in [0.3, 0.4) is 0 Å². The van der Waals surface area contributed by atoms with Gasteiger partial charge in [-0.3, -0.25) is 9.59 Å². The second-order valence-corrected chi connectivity index (χ2v) is 2.65. The fraction of sp³-hybridized carbons (Fsp3) is 0.714. The number of carbonyl (C=O) groups excluding carboxylic acids is 2. The zero-order valence-electron chi connectivity index (χ0n) is 7.57. The second-order valence-electron chi connectivity index (χ2n) is 2.65. The number of aliphatic hydroxyl groups is 1. The molecule has 1 N–H and O–H groups in total. The molecule has 0 aromatic rings. The molecule has 0 unspecified atom stereocenters. The van der Waals surface area contributed by atoms with Gasteiger partial charge >= 0.3 is 11.8 Å². The Balaban J connectivity index is 4.10. The number of rotatable bonds is 2. The number of aliphatic hydroxyl groups excluding tert-OH is 1. The van der Waals surface area contributed by atoms with E-state index < -0.39 is 11.8 Å². The first-order valence-corrected chi connectivity index (χ1v) is 3.58. The van der Waals surface area contributed by atoms with E-state index in [1.54, 1.807) is 0 Å². The molecule has 0 radical (unpaired) electrons. The van der Waals surface area contributed by atoms with Crippen LogP contribution in [0.5, 0.6) is 0 Å². The van der Waals surface area contributed by atoms with Gasteiger partial charge in [-0.15, -0.1) is 0 Å². The molecule has 0 fully saturated rings. The van der Waals surface area contributed by atoms with Crippen molar-refractivity contribution in [3.05, 3.63) is 0 Å². The van der Waals surface area contributed by atoms with E-state index in [0.717, 1.165) is 0 Å². The second kappa shape index (κ2) is 4.71. The first kappa shape index (κ1) is 10.9. The van der Waals surface area contributed by atoms with Crippen LogP contribution in [-0.2, 0) is 9.59 Å². The van der Waals surface area contributed by atoms with Crippen LogP contribution < -0.4 is 0 Å². The molecule has 0 spiro atoms. The third-order valence-corrected chi connectivity index (χ3v) is 1.37. The number of hydrogen-bond acceptors (Lipinski definition) is 3. The molecule has 0 aliphatic heterocycles. The third-order valence-electron chi connectivity index (χ3n) is 1.37. The van der Waals surface area contributed by atoms with Crippen LogP contribution in [0.2, 0.25) is 0 Å². The molecule has 5 nitrogen and oxygen atoms in total. The van der Waals surface area contributed by atoms with Gasteiger partial charge in [0.1, 0.15) is 0 Å². The molecular formula is C7H14N2O3. The highest BCUT2D eigenvalue weighted by molar-refractivity contribution is 6.34. The molecule has 0 bridgehead atoms. The standard InChI is InChI=1S/C7H14N2O3/c1-8(2)6(11)7(12)9(3)4-5-10/h10H,4-5H2,1-3H3. The Morgan fingerprint density at radius 1 is 1.17 bits per heavy atom. The lowest BCUT2D eigenvalue weighted by atomic mass is 10.4. The number of hydrogen-bond donors (Lipinski definition) is 1. The van der Waals surface area contributed by atoms with Gasteiger partial charge in [-0.05, 0) is 0 Å². The highest BCUT2D eigenvalue weighted by Gasteiger charge is 2.19. The van der Waals surface area contributed by atoms with E-state index in [2.05, 4.69) is 0 Å². The van der Waals surface area contributed by atoms with Gasteiger partial charge in [-0.2, -0.15) is 0 Å². The van der Waals surface area contributed by atoms with Gasteiger partial charge in [0.25, 0.3) is 0 Å². The SMILES string of the molecule is CN(C)C(=O)C(=O)N(C)CCO. The van der Waals surface area contributed by atoms with Crippen molar-refractivity contribution in [3.8, 4) is 0 Å². The van der Waals surface area contributed by atoms with Crippen molar-refractivity contribution in [2.45, 2.75) is 0 Å². The maximum absolute atomic E-state index is 11.1. The zero-order valence-corrected chi connectivity index (χ0v) is 7.57. The molecule has 0 saturated carbocycles. The molecule has 12 heavy (non-hydrogen) atoms. The van der Waals surface area contributed by atoms with Crippen molar-refractivity contribution in [2.75, 3.05) is 34.3 Å². The molecule has 0 aromatic carbocycles. The van der Waals surface area contributed by atoms with Crippen molar-refractivity contribution in [3.63, 3.8) is 0 Å². The first-order chi connectivity index (χ1) is 5.50. The minimum absolute atomic E-state index is 0.136. The topological polar surface area (TPSA) is 60.9 Å². The number of likely N-dealkylation sites (N-methyl/N-ethyl adjacent to an activating group) is 2. The molecule has 2 amide bonds. The smallest absolute Gasteiger partial charge is 0.311 e. The van der Waals surface area contributed by atoms with E-state index >= 15 is 0 Å². The molecule has 70 valence electrons. The summed E-state index contributed by atoms with van der Waals surface area (Å²) in [5, 5.41) is 8.49. The highest BCUT2D eigenvalue weighted by atomic mass is 16.3. The summed E-state index contributed by atoms with van der Waals surface area (Å²) in [7, 11) is 4.49. The van der Waals surface area contributed by atoms with Crippen LogP contribution >= 0.6 is 0 Å². The number of carbonyl (C=O) groups is 2. The van der Waals surface area contributed by atoms with Crippen molar-refractivity contribution in [2.24, 2.45) is 0 Å². The Labute approximate surface area is 71.6 Å². The summed E-state index contributed by atoms with van der Waals surface area (Å²) in [5.74, 6) is -1.18. The Hall–Kier alpha value is -1.10. The maximum atomic E-state index is 11.1. The summed E-state index contributed by atoms with van der Waals surface area (Å²) in [5.41, 5.74) is 0. The van der Waals surface area contributed by atoms with Gasteiger partial charge < -0.3 is 14.9 Å². The lowest BCUT2D eigenvalue weighted by molar-refractivity contribution is -0.149. The molecule has 0 atom stereocenters. The maximum Gasteiger partial charge on any atom is 0.311 e. The van der Waals surface area contributed by atoms with E-state index in [-0.39, 0.29) is 13.2 Å². The molecular weight excluding hydrogens is 160 g/mol. The summed E-state index contributed by atoms with van der Waals surface area (Å²) < 4.78 is 0. The summed E-state index contributed by atoms with van der Waals surface area (Å²) in [6.45, 7) is 0.0430. The van der Waals surface area contributed by atoms with Crippen molar-refractivity contribution >= 4 is 11.8 Å². The summed E-state index contributed by atoms with van der Waals surface area (Å²) in [6.07, 6.45) is 0. The molecule has 0 rings (SSSR count). The average Bonchev–Trinajstić information content (AvgIpc) is 2.02. The van der Waals surface area contributed by atoms with Gasteiger partial charge in [0.05, 0.1) is 6.61 Å². The molecule has 0 aromatic heterocycles. The predicted octanol–water partition coefficient (Wildman–Crippen LogP) is -1.47. The summed E-state index contributed by atoms with van der Waals surface area (Å²) in [4.78, 5) is 24.5. The van der Waals surface area contributed by atoms with E-state index in [1.807, 2.05) is 0 Å². The average molecular weight is 174 g/mol. The lowest BCUT2D eigenvalue weighted by Crippen LogP contribution is -2.41. The summed E-state index contributed by atoms with van der Waals surface area (Å²) in [6, 6.07) is 0. The van der Waals surface area contributed by atoms with Gasteiger partial charge in [-0.25, -0.2) is 0 Å². The zero-order chi connectivity index (χ0) is 9.72. The van der Waals surface area contributed by atoms with E-state index in [0.29, 0.717) is 0 Å². The Kier molecular flexibility index (Phi) is 4.28. The lowest BCUT2D eigenvalue weighted by Gasteiger charge is -2.17. The number of amides is 2. The first-order valence-electron chi connectivity index (χ1n) is 3.58. The molecule has 0 heterocycles. The fourth-order valence-corrected chi connectivity index (χ4v) is 0.606. The van der Waals surface area contributed by atoms with Crippen LogP contribution in [0.1, 0.15) is 0 Å². The normalized spacial score (nSPS) is 9.33. The van der Waals surface area contributed by atoms with Crippen molar-refractivity contribution in [1.29, 1.82) is 0 Å². The van der Waals surface area contributed by atoms with Gasteiger partial charge in [0.15, 0.2) is 0 Å². The minimum Gasteiger partial charge on any atom is -0.395 e.